The summed E-state index contributed by atoms with van der Waals surface area (Å²) in [5, 5.41) is 28.9. The molecule has 2 aromatic rings. The first kappa shape index (κ1) is 20.2. The molecular weight excluding hydrogens is 348 g/mol. The number of rotatable bonds is 8. The third kappa shape index (κ3) is 4.97. The molecule has 0 amide bonds. The molecule has 0 aromatic heterocycles. The van der Waals surface area contributed by atoms with Gasteiger partial charge in [-0.2, -0.15) is 0 Å². The summed E-state index contributed by atoms with van der Waals surface area (Å²) in [5.41, 5.74) is 1.72. The third-order valence-electron chi connectivity index (χ3n) is 4.11. The summed E-state index contributed by atoms with van der Waals surface area (Å²) in [4.78, 5) is 16.9. The van der Waals surface area contributed by atoms with Crippen LogP contribution >= 0.6 is 0 Å². The molecule has 142 valence electrons. The highest BCUT2D eigenvalue weighted by atomic mass is 17.1. The molecule has 0 saturated heterocycles. The predicted molar refractivity (Wildman–Crippen MR) is 102 cm³/mol. The Morgan fingerprint density at radius 3 is 2.41 bits per heavy atom. The van der Waals surface area contributed by atoms with Crippen LogP contribution in [-0.2, 0) is 11.3 Å². The van der Waals surface area contributed by atoms with E-state index in [1.165, 1.54) is 31.4 Å². The lowest BCUT2D eigenvalue weighted by Crippen LogP contribution is -2.16. The van der Waals surface area contributed by atoms with Crippen LogP contribution in [0.2, 0.25) is 0 Å². The number of aromatic hydroxyl groups is 2. The van der Waals surface area contributed by atoms with Crippen molar-refractivity contribution in [1.82, 2.24) is 0 Å². The first-order chi connectivity index (χ1) is 12.9. The maximum atomic E-state index is 12.5. The first-order valence-electron chi connectivity index (χ1n) is 8.23. The number of carbonyl (C=O) groups excluding carboxylic acids is 1. The fourth-order valence-corrected chi connectivity index (χ4v) is 2.54. The maximum absolute atomic E-state index is 12.5. The van der Waals surface area contributed by atoms with Gasteiger partial charge in [-0.15, -0.1) is 0 Å². The van der Waals surface area contributed by atoms with Crippen molar-refractivity contribution in [3.05, 3.63) is 71.3 Å². The van der Waals surface area contributed by atoms with Gasteiger partial charge in [0.25, 0.3) is 0 Å². The van der Waals surface area contributed by atoms with Crippen LogP contribution in [0.3, 0.4) is 0 Å². The van der Waals surface area contributed by atoms with E-state index in [1.54, 1.807) is 31.2 Å². The molecule has 0 bridgehead atoms. The number of ketones is 1. The van der Waals surface area contributed by atoms with Gasteiger partial charge in [0.2, 0.25) is 0 Å². The Kier molecular flexibility index (Phi) is 6.76. The van der Waals surface area contributed by atoms with E-state index in [9.17, 15) is 15.0 Å². The zero-order valence-corrected chi connectivity index (χ0v) is 15.2. The average Bonchev–Trinajstić information content (AvgIpc) is 2.65. The van der Waals surface area contributed by atoms with Crippen molar-refractivity contribution < 1.29 is 29.9 Å². The summed E-state index contributed by atoms with van der Waals surface area (Å²) >= 11 is 0. The monoisotopic (exact) mass is 370 g/mol. The highest BCUT2D eigenvalue weighted by Gasteiger charge is 2.21. The Morgan fingerprint density at radius 1 is 1.19 bits per heavy atom. The van der Waals surface area contributed by atoms with Crippen molar-refractivity contribution in [2.75, 3.05) is 7.11 Å². The van der Waals surface area contributed by atoms with Crippen molar-refractivity contribution in [2.45, 2.75) is 19.4 Å². The summed E-state index contributed by atoms with van der Waals surface area (Å²) in [7, 11) is 1.44. The summed E-state index contributed by atoms with van der Waals surface area (Å²) in [6.07, 6.45) is 2.25. The molecule has 0 unspecified atom stereocenters. The molecule has 2 aromatic carbocycles. The predicted octanol–water partition coefficient (Wildman–Crippen LogP) is 3.98. The van der Waals surface area contributed by atoms with Gasteiger partial charge in [-0.05, 0) is 48.4 Å². The van der Waals surface area contributed by atoms with Gasteiger partial charge in [0.15, 0.2) is 5.78 Å². The van der Waals surface area contributed by atoms with Crippen molar-refractivity contribution in [3.63, 3.8) is 0 Å². The fraction of sp³-hybridized carbons (Fsp3) is 0.190. The largest absolute Gasteiger partial charge is 0.508 e. The van der Waals surface area contributed by atoms with Crippen molar-refractivity contribution >= 4 is 11.9 Å². The average molecular weight is 370 g/mol. The minimum atomic E-state index is -0.748. The van der Waals surface area contributed by atoms with E-state index >= 15 is 0 Å². The van der Waals surface area contributed by atoms with Crippen LogP contribution in [0.25, 0.3) is 6.08 Å². The molecule has 2 rings (SSSR count). The minimum Gasteiger partial charge on any atom is -0.508 e. The molecule has 0 heterocycles. The smallest absolute Gasteiger partial charge is 0.189 e. The molecule has 27 heavy (non-hydrogen) atoms. The van der Waals surface area contributed by atoms with Gasteiger partial charge < -0.3 is 14.9 Å². The van der Waals surface area contributed by atoms with Crippen molar-refractivity contribution in [2.24, 2.45) is 0 Å². The summed E-state index contributed by atoms with van der Waals surface area (Å²) in [6.45, 7) is 5.41. The molecule has 1 atom stereocenters. The second kappa shape index (κ2) is 9.02. The van der Waals surface area contributed by atoms with E-state index in [1.807, 2.05) is 0 Å². The topological polar surface area (TPSA) is 96.2 Å². The van der Waals surface area contributed by atoms with Crippen LogP contribution in [0.4, 0.5) is 0 Å². The van der Waals surface area contributed by atoms with E-state index in [-0.39, 0.29) is 23.5 Å². The van der Waals surface area contributed by atoms with Crippen LogP contribution < -0.4 is 4.74 Å². The Morgan fingerprint density at radius 2 is 1.85 bits per heavy atom. The molecule has 6 heteroatoms. The fourth-order valence-electron chi connectivity index (χ4n) is 2.54. The lowest BCUT2D eigenvalue weighted by Gasteiger charge is -2.17. The lowest BCUT2D eigenvalue weighted by atomic mass is 9.97. The molecule has 0 aliphatic heterocycles. The van der Waals surface area contributed by atoms with E-state index in [0.717, 1.165) is 5.56 Å². The number of phenolic OH excluding ortho intramolecular Hbond substituents is 2. The maximum Gasteiger partial charge on any atom is 0.189 e. The van der Waals surface area contributed by atoms with E-state index in [2.05, 4.69) is 11.5 Å². The number of methoxy groups -OCH3 is 1. The van der Waals surface area contributed by atoms with Gasteiger partial charge in [-0.3, -0.25) is 10.1 Å². The SMILES string of the molecule is C=C(C)[C@@H](Cc1c(OC)ccc(C(=O)C=Cc2ccc(O)cc2)c1O)OO. The van der Waals surface area contributed by atoms with Crippen LogP contribution in [-0.4, -0.2) is 34.5 Å². The van der Waals surface area contributed by atoms with Gasteiger partial charge in [0.1, 0.15) is 23.4 Å². The molecule has 0 spiro atoms. The van der Waals surface area contributed by atoms with Crippen LogP contribution in [0.5, 0.6) is 17.2 Å². The highest BCUT2D eigenvalue weighted by Crippen LogP contribution is 2.34. The van der Waals surface area contributed by atoms with Crippen LogP contribution in [0.1, 0.15) is 28.4 Å². The van der Waals surface area contributed by atoms with Crippen molar-refractivity contribution in [1.29, 1.82) is 0 Å². The number of carbonyl (C=O) groups is 1. The lowest BCUT2D eigenvalue weighted by molar-refractivity contribution is -0.268. The first-order valence-corrected chi connectivity index (χ1v) is 8.23. The van der Waals surface area contributed by atoms with Crippen LogP contribution in [0.15, 0.2) is 54.6 Å². The number of phenols is 2. The number of allylic oxidation sites excluding steroid dienone is 1. The van der Waals surface area contributed by atoms with Gasteiger partial charge in [0, 0.05) is 12.0 Å². The minimum absolute atomic E-state index is 0.0869. The Hall–Kier alpha value is -3.09. The van der Waals surface area contributed by atoms with Crippen LogP contribution in [0, 0.1) is 0 Å². The quantitative estimate of drug-likeness (QED) is 0.214. The summed E-state index contributed by atoms with van der Waals surface area (Å²) in [6, 6.07) is 9.39. The normalized spacial score (nSPS) is 12.1. The number of ether oxygens (including phenoxy) is 1. The summed E-state index contributed by atoms with van der Waals surface area (Å²) < 4.78 is 5.25. The standard InChI is InChI=1S/C21H22O6/c1-13(2)20(27-25)12-17-19(26-3)11-9-16(21(17)24)18(23)10-6-14-4-7-15(22)8-5-14/h4-11,20,22,24-25H,1,12H2,2-3H3/t20-/m1/s1. The summed E-state index contributed by atoms with van der Waals surface area (Å²) in [5.74, 6) is -0.136. The zero-order chi connectivity index (χ0) is 20.0. The number of benzene rings is 2. The molecule has 0 radical (unpaired) electrons. The van der Waals surface area contributed by atoms with E-state index in [4.69, 9.17) is 9.99 Å². The van der Waals surface area contributed by atoms with Crippen molar-refractivity contribution in [3.8, 4) is 17.2 Å². The molecule has 0 saturated carbocycles. The zero-order valence-electron chi connectivity index (χ0n) is 15.2. The van der Waals surface area contributed by atoms with E-state index in [0.29, 0.717) is 16.9 Å². The van der Waals surface area contributed by atoms with Gasteiger partial charge in [-0.25, -0.2) is 4.89 Å². The molecule has 3 N–H and O–H groups in total. The molecule has 0 aliphatic carbocycles. The molecule has 0 fully saturated rings. The molecule has 0 aliphatic rings. The Labute approximate surface area is 157 Å². The van der Waals surface area contributed by atoms with Gasteiger partial charge >= 0.3 is 0 Å². The highest BCUT2D eigenvalue weighted by molar-refractivity contribution is 6.09. The Balaban J connectivity index is 2.33. The molecule has 6 nitrogen and oxygen atoms in total. The Bertz CT molecular complexity index is 852. The third-order valence-corrected chi connectivity index (χ3v) is 4.11. The second-order valence-electron chi connectivity index (χ2n) is 6.08. The number of hydrogen-bond donors (Lipinski definition) is 3. The molecular formula is C21H22O6. The van der Waals surface area contributed by atoms with Gasteiger partial charge in [0.05, 0.1) is 12.7 Å². The van der Waals surface area contributed by atoms with Gasteiger partial charge in [-0.1, -0.05) is 24.8 Å². The van der Waals surface area contributed by atoms with E-state index < -0.39 is 11.9 Å². The second-order valence-corrected chi connectivity index (χ2v) is 6.08. The number of hydrogen-bond acceptors (Lipinski definition) is 6.